The molecule has 0 bridgehead atoms. The fraction of sp³-hybridized carbons (Fsp3) is 0.368. The maximum atomic E-state index is 13.0. The second-order valence-electron chi connectivity index (χ2n) is 6.37. The third kappa shape index (κ3) is 4.60. The molecule has 0 N–H and O–H groups in total. The molecule has 26 heavy (non-hydrogen) atoms. The Balaban J connectivity index is 1.74. The number of anilines is 1. The smallest absolute Gasteiger partial charge is 0.218 e. The number of hydrogen-bond donors (Lipinski definition) is 0. The van der Waals surface area contributed by atoms with Gasteiger partial charge in [-0.05, 0) is 29.3 Å². The Bertz CT molecular complexity index is 834. The summed E-state index contributed by atoms with van der Waals surface area (Å²) in [7, 11) is -1.93. The zero-order valence-electron chi connectivity index (χ0n) is 14.8. The average Bonchev–Trinajstić information content (AvgIpc) is 2.64. The molecule has 0 saturated carbocycles. The van der Waals surface area contributed by atoms with E-state index in [0.29, 0.717) is 18.8 Å². The first-order valence-corrected chi connectivity index (χ1v) is 10.2. The van der Waals surface area contributed by atoms with Gasteiger partial charge in [0.05, 0.1) is 19.0 Å². The highest BCUT2D eigenvalue weighted by molar-refractivity contribution is 7.88. The zero-order chi connectivity index (χ0) is 18.6. The van der Waals surface area contributed by atoms with Crippen molar-refractivity contribution in [1.29, 1.82) is 0 Å². The van der Waals surface area contributed by atoms with E-state index in [4.69, 9.17) is 4.74 Å². The van der Waals surface area contributed by atoms with Crippen LogP contribution < -0.4 is 4.90 Å². The van der Waals surface area contributed by atoms with E-state index in [-0.39, 0.29) is 18.1 Å². The van der Waals surface area contributed by atoms with E-state index >= 15 is 0 Å². The van der Waals surface area contributed by atoms with Gasteiger partial charge in [-0.1, -0.05) is 30.3 Å². The molecule has 0 spiro atoms. The number of nitrogens with zero attached hydrogens (tertiary/aromatic N) is 2. The van der Waals surface area contributed by atoms with Gasteiger partial charge in [-0.3, -0.25) is 0 Å². The Labute approximate surface area is 154 Å². The second kappa shape index (κ2) is 8.16. The van der Waals surface area contributed by atoms with Gasteiger partial charge in [0.2, 0.25) is 10.0 Å². The number of benzene rings is 2. The van der Waals surface area contributed by atoms with Crippen molar-refractivity contribution in [1.82, 2.24) is 4.31 Å². The van der Waals surface area contributed by atoms with Crippen LogP contribution in [0.15, 0.2) is 48.5 Å². The van der Waals surface area contributed by atoms with Crippen molar-refractivity contribution in [3.8, 4) is 0 Å². The Hall–Kier alpha value is -1.96. The van der Waals surface area contributed by atoms with E-state index in [9.17, 15) is 12.8 Å². The molecule has 7 heteroatoms. The molecule has 140 valence electrons. The van der Waals surface area contributed by atoms with Crippen molar-refractivity contribution >= 4 is 15.7 Å². The first-order valence-electron chi connectivity index (χ1n) is 8.55. The van der Waals surface area contributed by atoms with Crippen LogP contribution in [0.5, 0.6) is 0 Å². The number of ether oxygens (including phenoxy) is 1. The zero-order valence-corrected chi connectivity index (χ0v) is 15.6. The van der Waals surface area contributed by atoms with Crippen LogP contribution in [0.2, 0.25) is 0 Å². The SMILES string of the molecule is CN(Cc1ccccc1N1CCOCC1)S(=O)(=O)Cc1ccc(F)cc1. The van der Waals surface area contributed by atoms with Gasteiger partial charge in [0.15, 0.2) is 0 Å². The van der Waals surface area contributed by atoms with Crippen molar-refractivity contribution in [2.75, 3.05) is 38.3 Å². The number of halogens is 1. The van der Waals surface area contributed by atoms with Crippen LogP contribution in [0.25, 0.3) is 0 Å². The van der Waals surface area contributed by atoms with Crippen molar-refractivity contribution in [3.05, 3.63) is 65.5 Å². The predicted molar refractivity (Wildman–Crippen MR) is 100.0 cm³/mol. The van der Waals surface area contributed by atoms with Crippen LogP contribution in [-0.2, 0) is 27.1 Å². The Kier molecular flexibility index (Phi) is 5.90. The Morgan fingerprint density at radius 3 is 2.42 bits per heavy atom. The molecule has 1 aliphatic rings. The molecule has 1 saturated heterocycles. The van der Waals surface area contributed by atoms with Gasteiger partial charge in [0, 0.05) is 32.4 Å². The lowest BCUT2D eigenvalue weighted by Crippen LogP contribution is -2.37. The molecule has 1 heterocycles. The number of morpholine rings is 1. The van der Waals surface area contributed by atoms with E-state index < -0.39 is 10.0 Å². The minimum absolute atomic E-state index is 0.149. The maximum Gasteiger partial charge on any atom is 0.218 e. The van der Waals surface area contributed by atoms with Crippen LogP contribution >= 0.6 is 0 Å². The lowest BCUT2D eigenvalue weighted by molar-refractivity contribution is 0.122. The molecule has 0 radical (unpaired) electrons. The predicted octanol–water partition coefficient (Wildman–Crippen LogP) is 2.62. The van der Waals surface area contributed by atoms with Gasteiger partial charge in [0.25, 0.3) is 0 Å². The van der Waals surface area contributed by atoms with Crippen LogP contribution in [0.3, 0.4) is 0 Å². The number of rotatable bonds is 6. The lowest BCUT2D eigenvalue weighted by atomic mass is 10.1. The van der Waals surface area contributed by atoms with E-state index in [1.165, 1.54) is 28.6 Å². The van der Waals surface area contributed by atoms with Gasteiger partial charge in [-0.15, -0.1) is 0 Å². The third-order valence-electron chi connectivity index (χ3n) is 4.47. The molecule has 5 nitrogen and oxygen atoms in total. The van der Waals surface area contributed by atoms with Gasteiger partial charge in [-0.25, -0.2) is 17.1 Å². The molecule has 1 fully saturated rings. The summed E-state index contributed by atoms with van der Waals surface area (Å²) >= 11 is 0. The molecule has 0 aliphatic carbocycles. The third-order valence-corrected chi connectivity index (χ3v) is 6.25. The van der Waals surface area contributed by atoms with Crippen LogP contribution in [0.4, 0.5) is 10.1 Å². The number of para-hydroxylation sites is 1. The summed E-state index contributed by atoms with van der Waals surface area (Å²) in [6, 6.07) is 13.4. The van der Waals surface area contributed by atoms with Crippen LogP contribution in [0, 0.1) is 5.82 Å². The second-order valence-corrected chi connectivity index (χ2v) is 8.44. The first-order chi connectivity index (χ1) is 12.5. The summed E-state index contributed by atoms with van der Waals surface area (Å²) in [5.74, 6) is -0.525. The molecule has 0 atom stereocenters. The van der Waals surface area contributed by atoms with E-state index in [0.717, 1.165) is 24.3 Å². The van der Waals surface area contributed by atoms with Gasteiger partial charge in [0.1, 0.15) is 5.82 Å². The quantitative estimate of drug-likeness (QED) is 0.775. The highest BCUT2D eigenvalue weighted by atomic mass is 32.2. The summed E-state index contributed by atoms with van der Waals surface area (Å²) in [5, 5.41) is 0. The molecular weight excluding hydrogens is 355 g/mol. The summed E-state index contributed by atoms with van der Waals surface area (Å²) in [5.41, 5.74) is 2.57. The Morgan fingerprint density at radius 1 is 1.08 bits per heavy atom. The van der Waals surface area contributed by atoms with Crippen molar-refractivity contribution in [2.45, 2.75) is 12.3 Å². The summed E-state index contributed by atoms with van der Waals surface area (Å²) in [6.45, 7) is 3.23. The van der Waals surface area contributed by atoms with Crippen molar-refractivity contribution < 1.29 is 17.5 Å². The van der Waals surface area contributed by atoms with Gasteiger partial charge < -0.3 is 9.64 Å². The summed E-state index contributed by atoms with van der Waals surface area (Å²) < 4.78 is 45.1. The molecular formula is C19H23FN2O3S. The largest absolute Gasteiger partial charge is 0.378 e. The molecule has 0 aromatic heterocycles. The Morgan fingerprint density at radius 2 is 1.73 bits per heavy atom. The highest BCUT2D eigenvalue weighted by Crippen LogP contribution is 2.24. The summed E-state index contributed by atoms with van der Waals surface area (Å²) in [6.07, 6.45) is 0. The van der Waals surface area contributed by atoms with Gasteiger partial charge >= 0.3 is 0 Å². The maximum absolute atomic E-state index is 13.0. The number of hydrogen-bond acceptors (Lipinski definition) is 4. The number of sulfonamides is 1. The molecule has 1 aliphatic heterocycles. The van der Waals surface area contributed by atoms with E-state index in [1.807, 2.05) is 24.3 Å². The topological polar surface area (TPSA) is 49.9 Å². The van der Waals surface area contributed by atoms with E-state index in [2.05, 4.69) is 4.90 Å². The van der Waals surface area contributed by atoms with Crippen molar-refractivity contribution in [2.24, 2.45) is 0 Å². The van der Waals surface area contributed by atoms with Crippen molar-refractivity contribution in [3.63, 3.8) is 0 Å². The molecule has 2 aromatic carbocycles. The highest BCUT2D eigenvalue weighted by Gasteiger charge is 2.21. The fourth-order valence-electron chi connectivity index (χ4n) is 3.00. The molecule has 2 aromatic rings. The minimum Gasteiger partial charge on any atom is -0.378 e. The molecule has 0 amide bonds. The van der Waals surface area contributed by atoms with E-state index in [1.54, 1.807) is 7.05 Å². The normalized spacial score (nSPS) is 15.4. The van der Waals surface area contributed by atoms with Gasteiger partial charge in [-0.2, -0.15) is 0 Å². The molecule has 3 rings (SSSR count). The van der Waals surface area contributed by atoms with Crippen LogP contribution in [0.1, 0.15) is 11.1 Å². The fourth-order valence-corrected chi connectivity index (χ4v) is 4.17. The standard InChI is InChI=1S/C19H23FN2O3S/c1-21(26(23,24)15-16-6-8-18(20)9-7-16)14-17-4-2-3-5-19(17)22-10-12-25-13-11-22/h2-9H,10-15H2,1H3. The lowest BCUT2D eigenvalue weighted by Gasteiger charge is -2.31. The van der Waals surface area contributed by atoms with Crippen LogP contribution in [-0.4, -0.2) is 46.1 Å². The average molecular weight is 378 g/mol. The monoisotopic (exact) mass is 378 g/mol. The summed E-state index contributed by atoms with van der Waals surface area (Å²) in [4.78, 5) is 2.22. The molecule has 0 unspecified atom stereocenters. The minimum atomic E-state index is -3.50. The first kappa shape index (κ1) is 18.8.